The number of esters is 1. The first-order valence-electron chi connectivity index (χ1n) is 5.50. The van der Waals surface area contributed by atoms with E-state index in [1.807, 2.05) is 30.3 Å². The number of carbonyl (C=O) groups excluding carboxylic acids is 1. The Bertz CT molecular complexity index is 384. The van der Waals surface area contributed by atoms with Crippen molar-refractivity contribution in [3.8, 4) is 0 Å². The lowest BCUT2D eigenvalue weighted by atomic mass is 10.1. The monoisotopic (exact) mass is 217 g/mol. The van der Waals surface area contributed by atoms with Gasteiger partial charge >= 0.3 is 5.97 Å². The third-order valence-corrected chi connectivity index (χ3v) is 2.51. The number of carbonyl (C=O) groups is 1. The molecule has 1 aromatic rings. The van der Waals surface area contributed by atoms with Crippen LogP contribution in [0.3, 0.4) is 0 Å². The van der Waals surface area contributed by atoms with E-state index in [9.17, 15) is 4.79 Å². The zero-order chi connectivity index (χ0) is 11.2. The third kappa shape index (κ3) is 2.86. The highest BCUT2D eigenvalue weighted by molar-refractivity contribution is 5.88. The highest BCUT2D eigenvalue weighted by atomic mass is 16.5. The lowest BCUT2D eigenvalue weighted by Crippen LogP contribution is -2.18. The summed E-state index contributed by atoms with van der Waals surface area (Å²) in [7, 11) is 0. The van der Waals surface area contributed by atoms with E-state index in [0.29, 0.717) is 6.61 Å². The zero-order valence-corrected chi connectivity index (χ0v) is 9.11. The molecule has 2 rings (SSSR count). The molecule has 3 nitrogen and oxygen atoms in total. The van der Waals surface area contributed by atoms with Crippen LogP contribution in [-0.4, -0.2) is 12.6 Å². The van der Waals surface area contributed by atoms with Crippen molar-refractivity contribution in [2.24, 2.45) is 0 Å². The first-order chi connectivity index (χ1) is 7.86. The van der Waals surface area contributed by atoms with E-state index in [0.717, 1.165) is 25.0 Å². The van der Waals surface area contributed by atoms with E-state index >= 15 is 0 Å². The van der Waals surface area contributed by atoms with Crippen molar-refractivity contribution in [3.05, 3.63) is 47.7 Å². The molecule has 0 unspecified atom stereocenters. The van der Waals surface area contributed by atoms with Gasteiger partial charge in [-0.05, 0) is 18.4 Å². The molecule has 16 heavy (non-hydrogen) atoms. The maximum absolute atomic E-state index is 11.3. The molecular weight excluding hydrogens is 202 g/mol. The molecular formula is C13H15NO2. The highest BCUT2D eigenvalue weighted by Crippen LogP contribution is 2.12. The summed E-state index contributed by atoms with van der Waals surface area (Å²) in [6.07, 6.45) is 3.50. The minimum absolute atomic E-state index is 0.188. The Morgan fingerprint density at radius 2 is 2.12 bits per heavy atom. The fourth-order valence-corrected chi connectivity index (χ4v) is 1.64. The van der Waals surface area contributed by atoms with Gasteiger partial charge in [-0.3, -0.25) is 0 Å². The highest BCUT2D eigenvalue weighted by Gasteiger charge is 2.15. The largest absolute Gasteiger partial charge is 0.462 e. The molecule has 1 heterocycles. The second-order valence-corrected chi connectivity index (χ2v) is 3.78. The van der Waals surface area contributed by atoms with Gasteiger partial charge in [0.1, 0.15) is 0 Å². The molecule has 0 bridgehead atoms. The predicted molar refractivity (Wildman–Crippen MR) is 61.6 cm³/mol. The Kier molecular flexibility index (Phi) is 3.59. The van der Waals surface area contributed by atoms with Crippen LogP contribution in [0.5, 0.6) is 0 Å². The normalized spacial score (nSPS) is 18.2. The van der Waals surface area contributed by atoms with Crippen LogP contribution in [0.1, 0.15) is 18.4 Å². The maximum atomic E-state index is 11.3. The van der Waals surface area contributed by atoms with E-state index in [-0.39, 0.29) is 5.97 Å². The van der Waals surface area contributed by atoms with Gasteiger partial charge in [0.05, 0.1) is 12.2 Å². The standard InChI is InChI=1S/C13H15NO2/c15-13-12(7-4-8-16-13)10-14-9-11-5-2-1-3-6-11/h1-3,5-6,10,14H,4,7-9H2/b12-10+. The Balaban J connectivity index is 1.87. The zero-order valence-electron chi connectivity index (χ0n) is 9.11. The molecule has 84 valence electrons. The number of benzene rings is 1. The summed E-state index contributed by atoms with van der Waals surface area (Å²) in [6.45, 7) is 1.28. The van der Waals surface area contributed by atoms with Crippen LogP contribution in [0.25, 0.3) is 0 Å². The summed E-state index contributed by atoms with van der Waals surface area (Å²) in [5, 5.41) is 3.14. The van der Waals surface area contributed by atoms with E-state index in [1.165, 1.54) is 5.56 Å². The van der Waals surface area contributed by atoms with Gasteiger partial charge in [0, 0.05) is 12.7 Å². The van der Waals surface area contributed by atoms with E-state index in [4.69, 9.17) is 4.74 Å². The minimum Gasteiger partial charge on any atom is -0.462 e. The fraction of sp³-hybridized carbons (Fsp3) is 0.308. The minimum atomic E-state index is -0.188. The second kappa shape index (κ2) is 5.35. The summed E-state index contributed by atoms with van der Waals surface area (Å²) < 4.78 is 4.95. The van der Waals surface area contributed by atoms with Crippen molar-refractivity contribution >= 4 is 5.97 Å². The summed E-state index contributed by atoms with van der Waals surface area (Å²) in [6, 6.07) is 10.1. The smallest absolute Gasteiger partial charge is 0.335 e. The molecule has 1 saturated heterocycles. The van der Waals surface area contributed by atoms with Crippen LogP contribution < -0.4 is 5.32 Å². The average molecular weight is 217 g/mol. The molecule has 0 spiro atoms. The molecule has 1 fully saturated rings. The van der Waals surface area contributed by atoms with Gasteiger partial charge in [-0.15, -0.1) is 0 Å². The van der Waals surface area contributed by atoms with Crippen molar-refractivity contribution in [1.82, 2.24) is 5.32 Å². The lowest BCUT2D eigenvalue weighted by molar-refractivity contribution is -0.141. The predicted octanol–water partition coefficient (Wildman–Crippen LogP) is 2.00. The van der Waals surface area contributed by atoms with Crippen molar-refractivity contribution in [2.45, 2.75) is 19.4 Å². The van der Waals surface area contributed by atoms with Gasteiger partial charge in [-0.2, -0.15) is 0 Å². The van der Waals surface area contributed by atoms with Crippen LogP contribution in [0, 0.1) is 0 Å². The first kappa shape index (κ1) is 10.7. The van der Waals surface area contributed by atoms with Crippen molar-refractivity contribution in [2.75, 3.05) is 6.61 Å². The Hall–Kier alpha value is -1.77. The fourth-order valence-electron chi connectivity index (χ4n) is 1.64. The number of nitrogens with one attached hydrogen (secondary N) is 1. The SMILES string of the molecule is O=C1OCCC/C1=C\NCc1ccccc1. The third-order valence-electron chi connectivity index (χ3n) is 2.51. The maximum Gasteiger partial charge on any atom is 0.335 e. The topological polar surface area (TPSA) is 38.3 Å². The van der Waals surface area contributed by atoms with Gasteiger partial charge in [-0.25, -0.2) is 4.79 Å². The number of hydrogen-bond acceptors (Lipinski definition) is 3. The Morgan fingerprint density at radius 3 is 2.88 bits per heavy atom. The van der Waals surface area contributed by atoms with E-state index in [2.05, 4.69) is 5.32 Å². The van der Waals surface area contributed by atoms with E-state index < -0.39 is 0 Å². The molecule has 0 aliphatic carbocycles. The molecule has 1 aliphatic rings. The summed E-state index contributed by atoms with van der Waals surface area (Å²) in [5.74, 6) is -0.188. The van der Waals surface area contributed by atoms with Gasteiger partial charge in [0.2, 0.25) is 0 Å². The van der Waals surface area contributed by atoms with Crippen molar-refractivity contribution in [1.29, 1.82) is 0 Å². The van der Waals surface area contributed by atoms with Gasteiger partial charge in [-0.1, -0.05) is 30.3 Å². The molecule has 0 aromatic heterocycles. The average Bonchev–Trinajstić information content (AvgIpc) is 2.33. The van der Waals surface area contributed by atoms with Crippen molar-refractivity contribution < 1.29 is 9.53 Å². The number of hydrogen-bond donors (Lipinski definition) is 1. The van der Waals surface area contributed by atoms with Crippen LogP contribution >= 0.6 is 0 Å². The van der Waals surface area contributed by atoms with Crippen LogP contribution in [0.4, 0.5) is 0 Å². The molecule has 1 aliphatic heterocycles. The number of rotatable bonds is 3. The molecule has 0 atom stereocenters. The molecule has 0 amide bonds. The second-order valence-electron chi connectivity index (χ2n) is 3.78. The first-order valence-corrected chi connectivity index (χ1v) is 5.50. The van der Waals surface area contributed by atoms with Gasteiger partial charge < -0.3 is 10.1 Å². The molecule has 1 aromatic carbocycles. The molecule has 1 N–H and O–H groups in total. The van der Waals surface area contributed by atoms with Crippen LogP contribution in [0.2, 0.25) is 0 Å². The van der Waals surface area contributed by atoms with Gasteiger partial charge in [0.15, 0.2) is 0 Å². The quantitative estimate of drug-likeness (QED) is 0.621. The molecule has 0 radical (unpaired) electrons. The summed E-state index contributed by atoms with van der Waals surface area (Å²) >= 11 is 0. The summed E-state index contributed by atoms with van der Waals surface area (Å²) in [4.78, 5) is 11.3. The van der Waals surface area contributed by atoms with Gasteiger partial charge in [0.25, 0.3) is 0 Å². The van der Waals surface area contributed by atoms with Crippen molar-refractivity contribution in [3.63, 3.8) is 0 Å². The summed E-state index contributed by atoms with van der Waals surface area (Å²) in [5.41, 5.74) is 1.94. The van der Waals surface area contributed by atoms with Crippen LogP contribution in [-0.2, 0) is 16.1 Å². The lowest BCUT2D eigenvalue weighted by Gasteiger charge is -2.14. The Morgan fingerprint density at radius 1 is 1.31 bits per heavy atom. The number of cyclic esters (lactones) is 1. The molecule has 3 heteroatoms. The number of ether oxygens (including phenoxy) is 1. The Labute approximate surface area is 95.1 Å². The van der Waals surface area contributed by atoms with E-state index in [1.54, 1.807) is 6.20 Å². The van der Waals surface area contributed by atoms with Crippen LogP contribution in [0.15, 0.2) is 42.1 Å². The molecule has 0 saturated carbocycles.